The number of ketones is 1. The lowest BCUT2D eigenvalue weighted by atomic mass is 10.1. The number of rotatable bonds is 5. The van der Waals surface area contributed by atoms with Crippen LogP contribution in [-0.4, -0.2) is 62.0 Å². The Labute approximate surface area is 119 Å². The van der Waals surface area contributed by atoms with E-state index < -0.39 is 0 Å². The van der Waals surface area contributed by atoms with Crippen LogP contribution < -0.4 is 4.74 Å². The molecule has 1 aromatic rings. The van der Waals surface area contributed by atoms with Crippen molar-refractivity contribution in [3.8, 4) is 5.75 Å². The largest absolute Gasteiger partial charge is 0.491 e. The molecule has 4 nitrogen and oxygen atoms in total. The molecule has 1 fully saturated rings. The molecule has 0 aliphatic carbocycles. The lowest BCUT2D eigenvalue weighted by Gasteiger charge is -2.32. The Morgan fingerprint density at radius 3 is 2.65 bits per heavy atom. The van der Waals surface area contributed by atoms with Gasteiger partial charge in [0.1, 0.15) is 18.2 Å². The van der Waals surface area contributed by atoms with Crippen molar-refractivity contribution < 1.29 is 13.9 Å². The summed E-state index contributed by atoms with van der Waals surface area (Å²) in [5.74, 6) is -0.157. The van der Waals surface area contributed by atoms with E-state index >= 15 is 0 Å². The number of benzene rings is 1. The molecule has 0 unspecified atom stereocenters. The first-order valence-electron chi connectivity index (χ1n) is 6.90. The highest BCUT2D eigenvalue weighted by Gasteiger charge is 2.14. The molecule has 1 saturated heterocycles. The van der Waals surface area contributed by atoms with Gasteiger partial charge >= 0.3 is 0 Å². The van der Waals surface area contributed by atoms with Gasteiger partial charge in [0, 0.05) is 38.8 Å². The SMILES string of the molecule is CC(=O)c1ccc(F)cc1OCCN1CCN(C)CC1. The van der Waals surface area contributed by atoms with Crippen LogP contribution >= 0.6 is 0 Å². The van der Waals surface area contributed by atoms with Gasteiger partial charge in [0.2, 0.25) is 0 Å². The number of hydrogen-bond acceptors (Lipinski definition) is 4. The number of halogens is 1. The number of ether oxygens (including phenoxy) is 1. The molecule has 0 bridgehead atoms. The molecule has 1 aliphatic heterocycles. The highest BCUT2D eigenvalue weighted by molar-refractivity contribution is 5.96. The third-order valence-corrected chi connectivity index (χ3v) is 3.58. The fourth-order valence-electron chi connectivity index (χ4n) is 2.26. The zero-order valence-electron chi connectivity index (χ0n) is 12.1. The monoisotopic (exact) mass is 280 g/mol. The van der Waals surface area contributed by atoms with Crippen molar-refractivity contribution in [3.05, 3.63) is 29.6 Å². The first kappa shape index (κ1) is 14.9. The maximum atomic E-state index is 13.2. The molecule has 1 aromatic carbocycles. The van der Waals surface area contributed by atoms with Crippen LogP contribution in [0.2, 0.25) is 0 Å². The van der Waals surface area contributed by atoms with Gasteiger partial charge < -0.3 is 9.64 Å². The van der Waals surface area contributed by atoms with E-state index in [-0.39, 0.29) is 11.6 Å². The van der Waals surface area contributed by atoms with Crippen LogP contribution in [0.5, 0.6) is 5.75 Å². The fourth-order valence-corrected chi connectivity index (χ4v) is 2.26. The molecule has 5 heteroatoms. The molecular formula is C15H21FN2O2. The smallest absolute Gasteiger partial charge is 0.163 e. The lowest BCUT2D eigenvalue weighted by molar-refractivity contribution is 0.101. The van der Waals surface area contributed by atoms with E-state index in [9.17, 15) is 9.18 Å². The van der Waals surface area contributed by atoms with Crippen molar-refractivity contribution in [1.29, 1.82) is 0 Å². The van der Waals surface area contributed by atoms with Crippen molar-refractivity contribution in [1.82, 2.24) is 9.80 Å². The lowest BCUT2D eigenvalue weighted by Crippen LogP contribution is -2.45. The molecular weight excluding hydrogens is 259 g/mol. The van der Waals surface area contributed by atoms with E-state index in [1.807, 2.05) is 0 Å². The number of nitrogens with zero attached hydrogens (tertiary/aromatic N) is 2. The van der Waals surface area contributed by atoms with Gasteiger partial charge in [-0.1, -0.05) is 0 Å². The van der Waals surface area contributed by atoms with Crippen LogP contribution in [-0.2, 0) is 0 Å². The second-order valence-corrected chi connectivity index (χ2v) is 5.19. The Morgan fingerprint density at radius 2 is 2.00 bits per heavy atom. The Bertz CT molecular complexity index is 471. The standard InChI is InChI=1S/C15H21FN2O2/c1-12(19)14-4-3-13(16)11-15(14)20-10-9-18-7-5-17(2)6-8-18/h3-4,11H,5-10H2,1-2H3. The van der Waals surface area contributed by atoms with E-state index in [0.29, 0.717) is 17.9 Å². The zero-order chi connectivity index (χ0) is 14.5. The van der Waals surface area contributed by atoms with Gasteiger partial charge in [-0.15, -0.1) is 0 Å². The van der Waals surface area contributed by atoms with Gasteiger partial charge in [0.05, 0.1) is 5.56 Å². The molecule has 0 saturated carbocycles. The molecule has 0 atom stereocenters. The number of Topliss-reactive ketones (excluding diaryl/α,β-unsaturated/α-hetero) is 1. The summed E-state index contributed by atoms with van der Waals surface area (Å²) < 4.78 is 18.8. The van der Waals surface area contributed by atoms with E-state index in [2.05, 4.69) is 16.8 Å². The molecule has 0 aromatic heterocycles. The molecule has 0 spiro atoms. The van der Waals surface area contributed by atoms with Crippen molar-refractivity contribution >= 4 is 5.78 Å². The third kappa shape index (κ3) is 4.02. The molecule has 0 radical (unpaired) electrons. The molecule has 20 heavy (non-hydrogen) atoms. The predicted molar refractivity (Wildman–Crippen MR) is 75.8 cm³/mol. The number of carbonyl (C=O) groups excluding carboxylic acids is 1. The van der Waals surface area contributed by atoms with E-state index in [4.69, 9.17) is 4.74 Å². The van der Waals surface area contributed by atoms with Crippen molar-refractivity contribution in [2.24, 2.45) is 0 Å². The fraction of sp³-hybridized carbons (Fsp3) is 0.533. The van der Waals surface area contributed by atoms with Crippen LogP contribution in [0.4, 0.5) is 4.39 Å². The average molecular weight is 280 g/mol. The third-order valence-electron chi connectivity index (χ3n) is 3.58. The summed E-state index contributed by atoms with van der Waals surface area (Å²) in [6, 6.07) is 4.04. The van der Waals surface area contributed by atoms with Gasteiger partial charge in [-0.25, -0.2) is 4.39 Å². The van der Waals surface area contributed by atoms with E-state index in [1.165, 1.54) is 25.1 Å². The number of hydrogen-bond donors (Lipinski definition) is 0. The summed E-state index contributed by atoms with van der Waals surface area (Å²) in [7, 11) is 2.11. The average Bonchev–Trinajstić information content (AvgIpc) is 2.41. The Kier molecular flexibility index (Phi) is 5.09. The van der Waals surface area contributed by atoms with Gasteiger partial charge in [0.15, 0.2) is 5.78 Å². The first-order valence-corrected chi connectivity index (χ1v) is 6.90. The zero-order valence-corrected chi connectivity index (χ0v) is 12.1. The number of likely N-dealkylation sites (N-methyl/N-ethyl adjacent to an activating group) is 1. The summed E-state index contributed by atoms with van der Waals surface area (Å²) >= 11 is 0. The number of piperazine rings is 1. The molecule has 2 rings (SSSR count). The second kappa shape index (κ2) is 6.81. The quantitative estimate of drug-likeness (QED) is 0.768. The Balaban J connectivity index is 1.87. The summed E-state index contributed by atoms with van der Waals surface area (Å²) in [5, 5.41) is 0. The number of carbonyl (C=O) groups is 1. The normalized spacial score (nSPS) is 17.1. The van der Waals surface area contributed by atoms with Gasteiger partial charge in [0.25, 0.3) is 0 Å². The van der Waals surface area contributed by atoms with Gasteiger partial charge in [-0.05, 0) is 26.1 Å². The first-order chi connectivity index (χ1) is 9.56. The van der Waals surface area contributed by atoms with Gasteiger partial charge in [-0.3, -0.25) is 9.69 Å². The minimum Gasteiger partial charge on any atom is -0.491 e. The molecule has 1 heterocycles. The molecule has 0 amide bonds. The Hall–Kier alpha value is -1.46. The molecule has 0 N–H and O–H groups in total. The van der Waals surface area contributed by atoms with E-state index in [1.54, 1.807) is 0 Å². The van der Waals surface area contributed by atoms with Crippen LogP contribution in [0.3, 0.4) is 0 Å². The topological polar surface area (TPSA) is 32.8 Å². The van der Waals surface area contributed by atoms with Crippen LogP contribution in [0.15, 0.2) is 18.2 Å². The molecule has 1 aliphatic rings. The Morgan fingerprint density at radius 1 is 1.30 bits per heavy atom. The predicted octanol–water partition coefficient (Wildman–Crippen LogP) is 1.65. The van der Waals surface area contributed by atoms with Gasteiger partial charge in [-0.2, -0.15) is 0 Å². The summed E-state index contributed by atoms with van der Waals surface area (Å²) in [6.07, 6.45) is 0. The van der Waals surface area contributed by atoms with E-state index in [0.717, 1.165) is 32.7 Å². The minimum atomic E-state index is -0.385. The minimum absolute atomic E-state index is 0.111. The maximum Gasteiger partial charge on any atom is 0.163 e. The molecule has 110 valence electrons. The van der Waals surface area contributed by atoms with Crippen LogP contribution in [0.1, 0.15) is 17.3 Å². The highest BCUT2D eigenvalue weighted by atomic mass is 19.1. The van der Waals surface area contributed by atoms with Crippen LogP contribution in [0.25, 0.3) is 0 Å². The summed E-state index contributed by atoms with van der Waals surface area (Å²) in [6.45, 7) is 6.86. The van der Waals surface area contributed by atoms with Crippen molar-refractivity contribution in [2.45, 2.75) is 6.92 Å². The highest BCUT2D eigenvalue weighted by Crippen LogP contribution is 2.20. The second-order valence-electron chi connectivity index (χ2n) is 5.19. The maximum absolute atomic E-state index is 13.2. The summed E-state index contributed by atoms with van der Waals surface area (Å²) in [4.78, 5) is 16.1. The summed E-state index contributed by atoms with van der Waals surface area (Å²) in [5.41, 5.74) is 0.435. The van der Waals surface area contributed by atoms with Crippen LogP contribution in [0, 0.1) is 5.82 Å². The van der Waals surface area contributed by atoms with Crippen molar-refractivity contribution in [3.63, 3.8) is 0 Å². The van der Waals surface area contributed by atoms with Crippen molar-refractivity contribution in [2.75, 3.05) is 46.4 Å².